The molecule has 0 fully saturated rings. The number of carboxylic acid groups (broad SMARTS) is 1. The van der Waals surface area contributed by atoms with Crippen molar-refractivity contribution in [3.05, 3.63) is 45.4 Å². The van der Waals surface area contributed by atoms with Gasteiger partial charge in [0.15, 0.2) is 0 Å². The summed E-state index contributed by atoms with van der Waals surface area (Å²) >= 11 is 1.18. The van der Waals surface area contributed by atoms with E-state index in [-0.39, 0.29) is 4.88 Å². The molecule has 0 spiro atoms. The molecule has 19 heavy (non-hydrogen) atoms. The number of amides is 1. The lowest BCUT2D eigenvalue weighted by atomic mass is 10.1. The zero-order chi connectivity index (χ0) is 13.8. The fourth-order valence-electron chi connectivity index (χ4n) is 1.74. The molecule has 6 heteroatoms. The van der Waals surface area contributed by atoms with Gasteiger partial charge < -0.3 is 10.4 Å². The van der Waals surface area contributed by atoms with Crippen molar-refractivity contribution in [2.75, 3.05) is 5.32 Å². The number of hydrogen-bond acceptors (Lipinski definition) is 4. The third-order valence-electron chi connectivity index (χ3n) is 2.55. The van der Waals surface area contributed by atoms with E-state index in [0.717, 1.165) is 10.6 Å². The van der Waals surface area contributed by atoms with Gasteiger partial charge in [0, 0.05) is 12.1 Å². The van der Waals surface area contributed by atoms with Gasteiger partial charge in [-0.1, -0.05) is 12.1 Å². The smallest absolute Gasteiger partial charge is 0.347 e. The molecule has 0 bridgehead atoms. The molecule has 0 saturated heterocycles. The predicted octanol–water partition coefficient (Wildman–Crippen LogP) is 2.31. The van der Waals surface area contributed by atoms with Crippen molar-refractivity contribution in [1.29, 1.82) is 0 Å². The van der Waals surface area contributed by atoms with E-state index in [1.807, 2.05) is 12.1 Å². The Labute approximate surface area is 113 Å². The van der Waals surface area contributed by atoms with E-state index in [2.05, 4.69) is 10.3 Å². The molecule has 0 unspecified atom stereocenters. The average molecular weight is 276 g/mol. The molecule has 0 atom stereocenters. The number of thiazole rings is 1. The van der Waals surface area contributed by atoms with Gasteiger partial charge in [0.1, 0.15) is 4.88 Å². The first-order chi connectivity index (χ1) is 9.10. The number of aryl methyl sites for hydroxylation is 1. The van der Waals surface area contributed by atoms with E-state index in [9.17, 15) is 9.59 Å². The monoisotopic (exact) mass is 276 g/mol. The van der Waals surface area contributed by atoms with Crippen LogP contribution in [0.4, 0.5) is 5.69 Å². The number of carbonyl (C=O) groups is 2. The van der Waals surface area contributed by atoms with E-state index in [1.165, 1.54) is 11.3 Å². The zero-order valence-electron chi connectivity index (χ0n) is 10.2. The summed E-state index contributed by atoms with van der Waals surface area (Å²) in [6.07, 6.45) is 1.08. The molecule has 0 radical (unpaired) electrons. The van der Waals surface area contributed by atoms with Crippen molar-refractivity contribution in [3.63, 3.8) is 0 Å². The number of nitrogens with zero attached hydrogens (tertiary/aromatic N) is 1. The summed E-state index contributed by atoms with van der Waals surface area (Å²) < 4.78 is 0. The summed E-state index contributed by atoms with van der Waals surface area (Å²) in [5.74, 6) is -0.945. The minimum absolute atomic E-state index is 0.285. The van der Waals surface area contributed by atoms with Crippen LogP contribution in [0.3, 0.4) is 0 Å². The van der Waals surface area contributed by atoms with Gasteiger partial charge in [0.2, 0.25) is 6.41 Å². The summed E-state index contributed by atoms with van der Waals surface area (Å²) in [4.78, 5) is 25.9. The van der Waals surface area contributed by atoms with Crippen LogP contribution in [0.15, 0.2) is 24.3 Å². The van der Waals surface area contributed by atoms with Crippen LogP contribution in [-0.4, -0.2) is 22.5 Å². The fraction of sp³-hybridized carbons (Fsp3) is 0.154. The molecule has 5 nitrogen and oxygen atoms in total. The van der Waals surface area contributed by atoms with Crippen LogP contribution in [0, 0.1) is 6.92 Å². The van der Waals surface area contributed by atoms with Gasteiger partial charge >= 0.3 is 5.97 Å². The van der Waals surface area contributed by atoms with Gasteiger partial charge in [-0.15, -0.1) is 11.3 Å². The Bertz CT molecular complexity index is 605. The van der Waals surface area contributed by atoms with Crippen LogP contribution < -0.4 is 5.32 Å². The molecule has 1 aromatic heterocycles. The summed E-state index contributed by atoms with van der Waals surface area (Å²) in [5, 5.41) is 12.4. The number of carboxylic acids is 1. The number of nitrogens with one attached hydrogen (secondary N) is 1. The lowest BCUT2D eigenvalue weighted by molar-refractivity contribution is -0.105. The standard InChI is InChI=1S/C13H12N2O3S/c1-8-15-11(12(19-8)13(17)18)6-9-2-4-10(5-3-9)14-7-16/h2-5,7H,6H2,1H3,(H,14,16)(H,17,18). The highest BCUT2D eigenvalue weighted by atomic mass is 32.1. The Morgan fingerprint density at radius 2 is 2.11 bits per heavy atom. The topological polar surface area (TPSA) is 79.3 Å². The van der Waals surface area contributed by atoms with Crippen molar-refractivity contribution >= 4 is 29.4 Å². The highest BCUT2D eigenvalue weighted by molar-refractivity contribution is 7.13. The third-order valence-corrected chi connectivity index (χ3v) is 3.55. The molecule has 0 saturated carbocycles. The minimum atomic E-state index is -0.945. The van der Waals surface area contributed by atoms with Gasteiger partial charge in [-0.05, 0) is 24.6 Å². The van der Waals surface area contributed by atoms with Crippen LogP contribution in [-0.2, 0) is 11.2 Å². The number of carbonyl (C=O) groups excluding carboxylic acids is 1. The van der Waals surface area contributed by atoms with Crippen molar-refractivity contribution < 1.29 is 14.7 Å². The van der Waals surface area contributed by atoms with Gasteiger partial charge in [0.25, 0.3) is 0 Å². The molecule has 2 aromatic rings. The lowest BCUT2D eigenvalue weighted by Gasteiger charge is -2.02. The molecule has 98 valence electrons. The third kappa shape index (κ3) is 3.17. The highest BCUT2D eigenvalue weighted by Crippen LogP contribution is 2.21. The van der Waals surface area contributed by atoms with E-state index in [1.54, 1.807) is 19.1 Å². The Hall–Kier alpha value is -2.21. The summed E-state index contributed by atoms with van der Waals surface area (Å²) in [6, 6.07) is 7.21. The normalized spacial score (nSPS) is 10.2. The Morgan fingerprint density at radius 3 is 2.68 bits per heavy atom. The van der Waals surface area contributed by atoms with E-state index in [0.29, 0.717) is 24.2 Å². The molecule has 0 aliphatic carbocycles. The number of aromatic nitrogens is 1. The summed E-state index contributed by atoms with van der Waals surface area (Å²) in [6.45, 7) is 1.79. The average Bonchev–Trinajstić information content (AvgIpc) is 2.73. The van der Waals surface area contributed by atoms with Gasteiger partial charge in [-0.3, -0.25) is 4.79 Å². The molecule has 1 amide bonds. The van der Waals surface area contributed by atoms with Gasteiger partial charge in [-0.2, -0.15) is 0 Å². The lowest BCUT2D eigenvalue weighted by Crippen LogP contribution is -2.00. The second-order valence-electron chi connectivity index (χ2n) is 3.95. The first-order valence-electron chi connectivity index (χ1n) is 5.59. The molecule has 2 rings (SSSR count). The van der Waals surface area contributed by atoms with Crippen molar-refractivity contribution in [2.45, 2.75) is 13.3 Å². The van der Waals surface area contributed by atoms with Crippen LogP contribution >= 0.6 is 11.3 Å². The van der Waals surface area contributed by atoms with Crippen LogP contribution in [0.25, 0.3) is 0 Å². The Kier molecular flexibility index (Phi) is 3.91. The van der Waals surface area contributed by atoms with E-state index < -0.39 is 5.97 Å². The predicted molar refractivity (Wildman–Crippen MR) is 72.7 cm³/mol. The summed E-state index contributed by atoms with van der Waals surface area (Å²) in [7, 11) is 0. The number of hydrogen-bond donors (Lipinski definition) is 2. The number of benzene rings is 1. The molecular formula is C13H12N2O3S. The minimum Gasteiger partial charge on any atom is -0.477 e. The van der Waals surface area contributed by atoms with E-state index >= 15 is 0 Å². The van der Waals surface area contributed by atoms with Gasteiger partial charge in [-0.25, -0.2) is 9.78 Å². The van der Waals surface area contributed by atoms with Crippen LogP contribution in [0.1, 0.15) is 25.9 Å². The molecule has 0 aliphatic heterocycles. The second kappa shape index (κ2) is 5.62. The molecule has 1 aromatic carbocycles. The Balaban J connectivity index is 2.21. The maximum atomic E-state index is 11.1. The van der Waals surface area contributed by atoms with Crippen molar-refractivity contribution in [1.82, 2.24) is 4.98 Å². The highest BCUT2D eigenvalue weighted by Gasteiger charge is 2.15. The van der Waals surface area contributed by atoms with Crippen LogP contribution in [0.5, 0.6) is 0 Å². The first kappa shape index (κ1) is 13.2. The van der Waals surface area contributed by atoms with Crippen LogP contribution in [0.2, 0.25) is 0 Å². The Morgan fingerprint density at radius 1 is 1.42 bits per heavy atom. The SMILES string of the molecule is Cc1nc(Cc2ccc(NC=O)cc2)c(C(=O)O)s1. The maximum Gasteiger partial charge on any atom is 0.347 e. The number of rotatable bonds is 5. The maximum absolute atomic E-state index is 11.1. The molecular weight excluding hydrogens is 264 g/mol. The van der Waals surface area contributed by atoms with Crippen molar-refractivity contribution in [2.24, 2.45) is 0 Å². The van der Waals surface area contributed by atoms with Gasteiger partial charge in [0.05, 0.1) is 10.7 Å². The quantitative estimate of drug-likeness (QED) is 0.821. The largest absolute Gasteiger partial charge is 0.477 e. The fourth-order valence-corrected chi connectivity index (χ4v) is 2.51. The molecule has 1 heterocycles. The van der Waals surface area contributed by atoms with E-state index in [4.69, 9.17) is 5.11 Å². The van der Waals surface area contributed by atoms with Crippen molar-refractivity contribution in [3.8, 4) is 0 Å². The first-order valence-corrected chi connectivity index (χ1v) is 6.40. The zero-order valence-corrected chi connectivity index (χ0v) is 11.0. The molecule has 2 N–H and O–H groups in total. The summed E-state index contributed by atoms with van der Waals surface area (Å²) in [5.41, 5.74) is 2.22. The number of aromatic carboxylic acids is 1. The second-order valence-corrected chi connectivity index (χ2v) is 5.15. The number of anilines is 1. The molecule has 0 aliphatic rings.